The summed E-state index contributed by atoms with van der Waals surface area (Å²) in [6, 6.07) is 13.1. The summed E-state index contributed by atoms with van der Waals surface area (Å²) in [5.74, 6) is 0.644. The number of allylic oxidation sites excluding steroid dienone is 2. The lowest BCUT2D eigenvalue weighted by atomic mass is 10.1. The standard InChI is InChI=1S/C18H16N2O2/c1-13(11-16-9-6-10-22-16)12-17-14(2)19-20(18(17)21)15-7-4-3-5-8-15/h3-12H,1-2H3/b13-11+,17-12+. The molecule has 2 aromatic rings. The molecule has 4 nitrogen and oxygen atoms in total. The number of nitrogens with zero attached hydrogens (tertiary/aromatic N) is 2. The average Bonchev–Trinajstić information content (AvgIpc) is 3.11. The van der Waals surface area contributed by atoms with Gasteiger partial charge in [0.2, 0.25) is 0 Å². The Labute approximate surface area is 129 Å². The van der Waals surface area contributed by atoms with E-state index < -0.39 is 0 Å². The van der Waals surface area contributed by atoms with Crippen LogP contribution in [-0.4, -0.2) is 11.6 Å². The van der Waals surface area contributed by atoms with E-state index >= 15 is 0 Å². The molecule has 0 N–H and O–H groups in total. The fraction of sp³-hybridized carbons (Fsp3) is 0.111. The number of hydrazone groups is 1. The van der Waals surface area contributed by atoms with Crippen LogP contribution in [0.3, 0.4) is 0 Å². The molecule has 4 heteroatoms. The SMILES string of the molecule is CC1=NN(c2ccccc2)C(=O)/C1=C/C(C)=C/c1ccco1. The van der Waals surface area contributed by atoms with E-state index in [1.807, 2.05) is 68.5 Å². The first-order valence-electron chi connectivity index (χ1n) is 7.04. The number of carbonyl (C=O) groups excluding carboxylic acids is 1. The van der Waals surface area contributed by atoms with Gasteiger partial charge >= 0.3 is 0 Å². The second-order valence-corrected chi connectivity index (χ2v) is 5.10. The number of benzene rings is 1. The monoisotopic (exact) mass is 292 g/mol. The lowest BCUT2D eigenvalue weighted by molar-refractivity contribution is -0.114. The molecule has 0 unspecified atom stereocenters. The zero-order valence-electron chi connectivity index (χ0n) is 12.5. The number of anilines is 1. The highest BCUT2D eigenvalue weighted by Crippen LogP contribution is 2.24. The number of amides is 1. The van der Waals surface area contributed by atoms with E-state index in [4.69, 9.17) is 4.42 Å². The van der Waals surface area contributed by atoms with Crippen LogP contribution in [0.15, 0.2) is 75.5 Å². The predicted octanol–water partition coefficient (Wildman–Crippen LogP) is 4.03. The van der Waals surface area contributed by atoms with Crippen molar-refractivity contribution < 1.29 is 9.21 Å². The molecule has 0 saturated heterocycles. The summed E-state index contributed by atoms with van der Waals surface area (Å²) in [6.45, 7) is 3.77. The van der Waals surface area contributed by atoms with Crippen LogP contribution in [0.4, 0.5) is 5.69 Å². The molecule has 2 heterocycles. The maximum Gasteiger partial charge on any atom is 0.280 e. The molecule has 0 spiro atoms. The van der Waals surface area contributed by atoms with Gasteiger partial charge in [0.25, 0.3) is 5.91 Å². The Morgan fingerprint density at radius 2 is 1.95 bits per heavy atom. The van der Waals surface area contributed by atoms with Gasteiger partial charge in [-0.1, -0.05) is 18.2 Å². The van der Waals surface area contributed by atoms with Crippen LogP contribution < -0.4 is 5.01 Å². The second-order valence-electron chi connectivity index (χ2n) is 5.10. The maximum atomic E-state index is 12.5. The molecule has 1 aliphatic rings. The van der Waals surface area contributed by atoms with Crippen molar-refractivity contribution in [3.05, 3.63) is 71.7 Å². The van der Waals surface area contributed by atoms with E-state index in [0.29, 0.717) is 11.3 Å². The zero-order chi connectivity index (χ0) is 15.5. The van der Waals surface area contributed by atoms with Crippen molar-refractivity contribution in [1.82, 2.24) is 0 Å². The number of furan rings is 1. The smallest absolute Gasteiger partial charge is 0.280 e. The minimum atomic E-state index is -0.115. The number of para-hydroxylation sites is 1. The average molecular weight is 292 g/mol. The normalized spacial score (nSPS) is 17.3. The Kier molecular flexibility index (Phi) is 3.74. The van der Waals surface area contributed by atoms with Crippen molar-refractivity contribution in [1.29, 1.82) is 0 Å². The van der Waals surface area contributed by atoms with Crippen LogP contribution in [0.2, 0.25) is 0 Å². The third-order valence-corrected chi connectivity index (χ3v) is 3.35. The lowest BCUT2D eigenvalue weighted by Crippen LogP contribution is -2.21. The van der Waals surface area contributed by atoms with E-state index in [-0.39, 0.29) is 5.91 Å². The van der Waals surface area contributed by atoms with Gasteiger partial charge in [0.1, 0.15) is 5.76 Å². The Morgan fingerprint density at radius 3 is 2.64 bits per heavy atom. The van der Waals surface area contributed by atoms with Gasteiger partial charge in [-0.15, -0.1) is 0 Å². The van der Waals surface area contributed by atoms with Crippen LogP contribution in [0.5, 0.6) is 0 Å². The second kappa shape index (κ2) is 5.85. The van der Waals surface area contributed by atoms with Crippen LogP contribution >= 0.6 is 0 Å². The van der Waals surface area contributed by atoms with Gasteiger partial charge in [-0.2, -0.15) is 10.1 Å². The van der Waals surface area contributed by atoms with E-state index in [1.54, 1.807) is 6.26 Å². The topological polar surface area (TPSA) is 45.8 Å². The molecule has 0 atom stereocenters. The summed E-state index contributed by atoms with van der Waals surface area (Å²) in [5.41, 5.74) is 3.01. The van der Waals surface area contributed by atoms with Gasteiger partial charge in [-0.25, -0.2) is 0 Å². The Hall–Kier alpha value is -2.88. The Morgan fingerprint density at radius 1 is 1.18 bits per heavy atom. The van der Waals surface area contributed by atoms with Gasteiger partial charge < -0.3 is 4.42 Å². The third-order valence-electron chi connectivity index (χ3n) is 3.35. The fourth-order valence-corrected chi connectivity index (χ4v) is 2.30. The highest BCUT2D eigenvalue weighted by atomic mass is 16.3. The largest absolute Gasteiger partial charge is 0.465 e. The van der Waals surface area contributed by atoms with Crippen molar-refractivity contribution >= 4 is 23.4 Å². The molecule has 0 bridgehead atoms. The van der Waals surface area contributed by atoms with Crippen molar-refractivity contribution in [2.75, 3.05) is 5.01 Å². The molecule has 0 fully saturated rings. The molecular formula is C18H16N2O2. The third kappa shape index (κ3) is 2.76. The molecular weight excluding hydrogens is 276 g/mol. The molecule has 1 aliphatic heterocycles. The summed E-state index contributed by atoms with van der Waals surface area (Å²) in [7, 11) is 0. The summed E-state index contributed by atoms with van der Waals surface area (Å²) in [5, 5.41) is 5.78. The van der Waals surface area contributed by atoms with Crippen molar-refractivity contribution in [3.63, 3.8) is 0 Å². The summed E-state index contributed by atoms with van der Waals surface area (Å²) < 4.78 is 5.28. The predicted molar refractivity (Wildman–Crippen MR) is 87.5 cm³/mol. The van der Waals surface area contributed by atoms with E-state index in [0.717, 1.165) is 17.0 Å². The number of carbonyl (C=O) groups is 1. The Bertz CT molecular complexity index is 769. The van der Waals surface area contributed by atoms with Crippen LogP contribution in [0.25, 0.3) is 6.08 Å². The van der Waals surface area contributed by atoms with Gasteiger partial charge in [0.15, 0.2) is 0 Å². The molecule has 3 rings (SSSR count). The van der Waals surface area contributed by atoms with Gasteiger partial charge in [0.05, 0.1) is 23.2 Å². The molecule has 22 heavy (non-hydrogen) atoms. The summed E-state index contributed by atoms with van der Waals surface area (Å²) >= 11 is 0. The Balaban J connectivity index is 1.88. The molecule has 0 saturated carbocycles. The quantitative estimate of drug-likeness (QED) is 0.802. The first kappa shape index (κ1) is 14.1. The first-order chi connectivity index (χ1) is 10.6. The van der Waals surface area contributed by atoms with Gasteiger partial charge in [-0.05, 0) is 55.8 Å². The summed E-state index contributed by atoms with van der Waals surface area (Å²) in [4.78, 5) is 12.5. The number of hydrogen-bond donors (Lipinski definition) is 0. The van der Waals surface area contributed by atoms with Crippen LogP contribution in [-0.2, 0) is 4.79 Å². The van der Waals surface area contributed by atoms with Crippen molar-refractivity contribution in [2.45, 2.75) is 13.8 Å². The minimum Gasteiger partial charge on any atom is -0.465 e. The molecule has 0 aliphatic carbocycles. The zero-order valence-corrected chi connectivity index (χ0v) is 12.5. The lowest BCUT2D eigenvalue weighted by Gasteiger charge is -2.10. The fourth-order valence-electron chi connectivity index (χ4n) is 2.30. The highest BCUT2D eigenvalue weighted by molar-refractivity contribution is 6.30. The van der Waals surface area contributed by atoms with Crippen molar-refractivity contribution in [3.8, 4) is 0 Å². The molecule has 0 radical (unpaired) electrons. The van der Waals surface area contributed by atoms with E-state index in [9.17, 15) is 4.79 Å². The van der Waals surface area contributed by atoms with Crippen LogP contribution in [0, 0.1) is 0 Å². The highest BCUT2D eigenvalue weighted by Gasteiger charge is 2.28. The molecule has 1 aromatic heterocycles. The number of rotatable bonds is 3. The minimum absolute atomic E-state index is 0.115. The molecule has 1 aromatic carbocycles. The molecule has 110 valence electrons. The number of hydrogen-bond acceptors (Lipinski definition) is 3. The maximum absolute atomic E-state index is 12.5. The molecule has 1 amide bonds. The first-order valence-corrected chi connectivity index (χ1v) is 7.04. The van der Waals surface area contributed by atoms with Crippen LogP contribution in [0.1, 0.15) is 19.6 Å². The van der Waals surface area contributed by atoms with Crippen molar-refractivity contribution in [2.24, 2.45) is 5.10 Å². The van der Waals surface area contributed by atoms with Gasteiger partial charge in [-0.3, -0.25) is 4.79 Å². The van der Waals surface area contributed by atoms with E-state index in [1.165, 1.54) is 5.01 Å². The van der Waals surface area contributed by atoms with E-state index in [2.05, 4.69) is 5.10 Å². The summed E-state index contributed by atoms with van der Waals surface area (Å²) in [6.07, 6.45) is 5.35. The van der Waals surface area contributed by atoms with Gasteiger partial charge in [0, 0.05) is 0 Å².